The van der Waals surface area contributed by atoms with Crippen LogP contribution in [-0.2, 0) is 0 Å². The predicted octanol–water partition coefficient (Wildman–Crippen LogP) is 2.40. The number of aromatic nitrogens is 2. The largest absolute Gasteiger partial charge is 0.385 e. The fraction of sp³-hybridized carbons (Fsp3) is 0. The van der Waals surface area contributed by atoms with Gasteiger partial charge in [-0.2, -0.15) is 4.98 Å². The number of aromatic amines is 1. The molecule has 0 saturated heterocycles. The summed E-state index contributed by atoms with van der Waals surface area (Å²) in [4.78, 5) is 17.1. The monoisotopic (exact) mass is 270 g/mol. The third kappa shape index (κ3) is 2.89. The molecule has 0 aliphatic rings. The van der Waals surface area contributed by atoms with Gasteiger partial charge >= 0.3 is 5.69 Å². The first kappa shape index (κ1) is 11.8. The molecule has 7 heteroatoms. The second-order valence-electron chi connectivity index (χ2n) is 3.28. The fourth-order valence-corrected chi connectivity index (χ4v) is 1.56. The van der Waals surface area contributed by atoms with Crippen LogP contribution in [0.1, 0.15) is 0 Å². The van der Waals surface area contributed by atoms with Crippen molar-refractivity contribution < 1.29 is 0 Å². The molecule has 1 aromatic heterocycles. The second-order valence-corrected chi connectivity index (χ2v) is 4.10. The summed E-state index contributed by atoms with van der Waals surface area (Å²) in [5, 5.41) is 3.77. The number of rotatable bonds is 2. The van der Waals surface area contributed by atoms with Gasteiger partial charge in [0.1, 0.15) is 11.6 Å². The van der Waals surface area contributed by atoms with E-state index in [0.29, 0.717) is 21.6 Å². The molecule has 0 atom stereocenters. The molecule has 0 aliphatic heterocycles. The minimum atomic E-state index is -0.521. The summed E-state index contributed by atoms with van der Waals surface area (Å²) in [6, 6.07) is 6.49. The Bertz CT molecular complexity index is 611. The van der Waals surface area contributed by atoms with Crippen molar-refractivity contribution in [1.29, 1.82) is 0 Å². The molecular formula is C10H8Cl2N4O. The topological polar surface area (TPSA) is 83.8 Å². The summed E-state index contributed by atoms with van der Waals surface area (Å²) in [6.45, 7) is 0. The van der Waals surface area contributed by atoms with Crippen molar-refractivity contribution in [2.24, 2.45) is 0 Å². The summed E-state index contributed by atoms with van der Waals surface area (Å²) in [5.74, 6) is 0.567. The van der Waals surface area contributed by atoms with Gasteiger partial charge in [0.15, 0.2) is 0 Å². The van der Waals surface area contributed by atoms with Gasteiger partial charge in [-0.25, -0.2) is 4.79 Å². The van der Waals surface area contributed by atoms with Gasteiger partial charge in [0.05, 0.1) is 10.0 Å². The average molecular weight is 271 g/mol. The molecule has 1 heterocycles. The maximum atomic E-state index is 11.1. The highest BCUT2D eigenvalue weighted by molar-refractivity contribution is 6.42. The molecule has 5 nitrogen and oxygen atoms in total. The van der Waals surface area contributed by atoms with Gasteiger partial charge in [0.25, 0.3) is 0 Å². The van der Waals surface area contributed by atoms with Crippen LogP contribution in [0.4, 0.5) is 17.3 Å². The molecular weight excluding hydrogens is 263 g/mol. The molecule has 4 N–H and O–H groups in total. The maximum Gasteiger partial charge on any atom is 0.348 e. The van der Waals surface area contributed by atoms with Crippen molar-refractivity contribution in [2.45, 2.75) is 0 Å². The summed E-state index contributed by atoms with van der Waals surface area (Å²) in [6.07, 6.45) is 0. The molecule has 2 aromatic rings. The fourth-order valence-electron chi connectivity index (χ4n) is 1.26. The Labute approximate surface area is 107 Å². The zero-order valence-corrected chi connectivity index (χ0v) is 10.0. The number of benzene rings is 1. The Morgan fingerprint density at radius 2 is 2.00 bits per heavy atom. The first-order valence-corrected chi connectivity index (χ1v) is 5.39. The van der Waals surface area contributed by atoms with Crippen LogP contribution in [0, 0.1) is 0 Å². The number of nitrogens with one attached hydrogen (secondary N) is 2. The molecule has 0 spiro atoms. The molecule has 88 valence electrons. The maximum absolute atomic E-state index is 11.1. The first-order chi connectivity index (χ1) is 8.04. The SMILES string of the molecule is Nc1cc(Nc2ccc(Cl)c(Cl)c2)nc(=O)[nH]1. The van der Waals surface area contributed by atoms with Crippen molar-refractivity contribution in [3.05, 3.63) is 44.8 Å². The van der Waals surface area contributed by atoms with Crippen LogP contribution in [0.25, 0.3) is 0 Å². The number of hydrogen-bond acceptors (Lipinski definition) is 4. The third-order valence-corrected chi connectivity index (χ3v) is 2.70. The van der Waals surface area contributed by atoms with Gasteiger partial charge in [0.2, 0.25) is 0 Å². The van der Waals surface area contributed by atoms with E-state index in [0.717, 1.165) is 0 Å². The van der Waals surface area contributed by atoms with E-state index >= 15 is 0 Å². The molecule has 0 saturated carbocycles. The van der Waals surface area contributed by atoms with Gasteiger partial charge in [-0.15, -0.1) is 0 Å². The molecule has 0 aliphatic carbocycles. The standard InChI is InChI=1S/C10H8Cl2N4O/c11-6-2-1-5(3-7(6)12)14-9-4-8(13)15-10(17)16-9/h1-4H,(H4,13,14,15,16,17). The van der Waals surface area contributed by atoms with E-state index in [9.17, 15) is 4.79 Å². The van der Waals surface area contributed by atoms with Crippen molar-refractivity contribution in [3.63, 3.8) is 0 Å². The van der Waals surface area contributed by atoms with E-state index < -0.39 is 5.69 Å². The van der Waals surface area contributed by atoms with E-state index in [1.807, 2.05) is 0 Å². The minimum absolute atomic E-state index is 0.229. The van der Waals surface area contributed by atoms with Crippen LogP contribution in [0.5, 0.6) is 0 Å². The number of nitrogen functional groups attached to an aromatic ring is 1. The number of hydrogen-bond donors (Lipinski definition) is 3. The lowest BCUT2D eigenvalue weighted by atomic mass is 10.3. The highest BCUT2D eigenvalue weighted by atomic mass is 35.5. The number of anilines is 3. The molecule has 0 radical (unpaired) electrons. The van der Waals surface area contributed by atoms with Crippen LogP contribution in [0.15, 0.2) is 29.1 Å². The number of halogens is 2. The quantitative estimate of drug-likeness (QED) is 0.783. The Morgan fingerprint density at radius 1 is 1.24 bits per heavy atom. The lowest BCUT2D eigenvalue weighted by molar-refractivity contribution is 1.09. The highest BCUT2D eigenvalue weighted by Gasteiger charge is 2.02. The lowest BCUT2D eigenvalue weighted by Crippen LogP contribution is -2.14. The van der Waals surface area contributed by atoms with E-state index in [-0.39, 0.29) is 5.82 Å². The summed E-state index contributed by atoms with van der Waals surface area (Å²) < 4.78 is 0. The van der Waals surface area contributed by atoms with Gasteiger partial charge in [-0.3, -0.25) is 4.98 Å². The smallest absolute Gasteiger partial charge is 0.348 e. The van der Waals surface area contributed by atoms with Crippen molar-refractivity contribution >= 4 is 40.5 Å². The van der Waals surface area contributed by atoms with Gasteiger partial charge in [0, 0.05) is 11.8 Å². The van der Waals surface area contributed by atoms with Gasteiger partial charge in [-0.1, -0.05) is 23.2 Å². The molecule has 0 amide bonds. The molecule has 0 fully saturated rings. The Hall–Kier alpha value is -1.72. The Morgan fingerprint density at radius 3 is 2.65 bits per heavy atom. The van der Waals surface area contributed by atoms with Crippen molar-refractivity contribution in [3.8, 4) is 0 Å². The highest BCUT2D eigenvalue weighted by Crippen LogP contribution is 2.26. The first-order valence-electron chi connectivity index (χ1n) is 4.63. The molecule has 0 unspecified atom stereocenters. The van der Waals surface area contributed by atoms with Gasteiger partial charge in [-0.05, 0) is 18.2 Å². The van der Waals surface area contributed by atoms with Crippen LogP contribution >= 0.6 is 23.2 Å². The van der Waals surface area contributed by atoms with Gasteiger partial charge < -0.3 is 11.1 Å². The Kier molecular flexibility index (Phi) is 3.21. The Balaban J connectivity index is 2.31. The molecule has 2 rings (SSSR count). The van der Waals surface area contributed by atoms with Crippen molar-refractivity contribution in [2.75, 3.05) is 11.1 Å². The molecule has 0 bridgehead atoms. The van der Waals surface area contributed by atoms with E-state index in [1.54, 1.807) is 18.2 Å². The summed E-state index contributed by atoms with van der Waals surface area (Å²) >= 11 is 11.6. The molecule has 1 aromatic carbocycles. The average Bonchev–Trinajstić information content (AvgIpc) is 2.22. The van der Waals surface area contributed by atoms with Crippen LogP contribution in [0.2, 0.25) is 10.0 Å². The normalized spacial score (nSPS) is 10.2. The van der Waals surface area contributed by atoms with Crippen LogP contribution in [-0.4, -0.2) is 9.97 Å². The zero-order valence-electron chi connectivity index (χ0n) is 8.50. The molecule has 17 heavy (non-hydrogen) atoms. The minimum Gasteiger partial charge on any atom is -0.385 e. The second kappa shape index (κ2) is 4.65. The van der Waals surface area contributed by atoms with E-state index in [2.05, 4.69) is 15.3 Å². The van der Waals surface area contributed by atoms with E-state index in [1.165, 1.54) is 6.07 Å². The summed E-state index contributed by atoms with van der Waals surface area (Å²) in [5.41, 5.74) is 5.63. The summed E-state index contributed by atoms with van der Waals surface area (Å²) in [7, 11) is 0. The third-order valence-electron chi connectivity index (χ3n) is 1.96. The van der Waals surface area contributed by atoms with E-state index in [4.69, 9.17) is 28.9 Å². The van der Waals surface area contributed by atoms with Crippen molar-refractivity contribution in [1.82, 2.24) is 9.97 Å². The number of nitrogens with zero attached hydrogens (tertiary/aromatic N) is 1. The number of nitrogens with two attached hydrogens (primary N) is 1. The zero-order chi connectivity index (χ0) is 12.4. The predicted molar refractivity (Wildman–Crippen MR) is 69.0 cm³/mol. The van der Waals surface area contributed by atoms with Crippen LogP contribution < -0.4 is 16.7 Å². The lowest BCUT2D eigenvalue weighted by Gasteiger charge is -2.06. The van der Waals surface area contributed by atoms with Crippen LogP contribution in [0.3, 0.4) is 0 Å². The number of H-pyrrole nitrogens is 1.